The van der Waals surface area contributed by atoms with Gasteiger partial charge in [0.1, 0.15) is 0 Å². The zero-order valence-electron chi connectivity index (χ0n) is 13.2. The lowest BCUT2D eigenvalue weighted by Crippen LogP contribution is -2.33. The summed E-state index contributed by atoms with van der Waals surface area (Å²) in [6, 6.07) is 7.50. The molecular formula is C16H20ClN3O2S. The second-order valence-electron chi connectivity index (χ2n) is 5.27. The summed E-state index contributed by atoms with van der Waals surface area (Å²) < 4.78 is 5.20. The summed E-state index contributed by atoms with van der Waals surface area (Å²) in [4.78, 5) is 16.1. The molecule has 7 heteroatoms. The predicted molar refractivity (Wildman–Crippen MR) is 93.4 cm³/mol. The van der Waals surface area contributed by atoms with E-state index in [9.17, 15) is 4.79 Å². The maximum absolute atomic E-state index is 11.8. The Kier molecular flexibility index (Phi) is 6.92. The van der Waals surface area contributed by atoms with Gasteiger partial charge in [-0.15, -0.1) is 11.8 Å². The largest absolute Gasteiger partial charge is 0.353 e. The van der Waals surface area contributed by atoms with Crippen molar-refractivity contribution in [2.45, 2.75) is 38.5 Å². The Morgan fingerprint density at radius 3 is 3.04 bits per heavy atom. The molecule has 0 bridgehead atoms. The predicted octanol–water partition coefficient (Wildman–Crippen LogP) is 3.93. The molecule has 0 aliphatic rings. The van der Waals surface area contributed by atoms with Crippen LogP contribution in [0, 0.1) is 0 Å². The summed E-state index contributed by atoms with van der Waals surface area (Å²) in [6.07, 6.45) is 2.05. The number of amides is 1. The molecule has 0 saturated carbocycles. The number of benzene rings is 1. The maximum Gasteiger partial charge on any atom is 0.236 e. The number of hydrogen-bond donors (Lipinski definition) is 1. The molecule has 0 aliphatic carbocycles. The van der Waals surface area contributed by atoms with Gasteiger partial charge in [0.25, 0.3) is 0 Å². The highest BCUT2D eigenvalue weighted by Crippen LogP contribution is 2.21. The van der Waals surface area contributed by atoms with E-state index in [1.165, 1.54) is 11.8 Å². The molecule has 2 rings (SSSR count). The molecule has 1 atom stereocenters. The van der Waals surface area contributed by atoms with Gasteiger partial charge in [0.2, 0.25) is 17.6 Å². The van der Waals surface area contributed by atoms with Crippen LogP contribution < -0.4 is 5.32 Å². The molecule has 0 radical (unpaired) electrons. The Labute approximate surface area is 145 Å². The lowest BCUT2D eigenvalue weighted by Gasteiger charge is -2.11. The van der Waals surface area contributed by atoms with E-state index in [0.29, 0.717) is 28.2 Å². The van der Waals surface area contributed by atoms with Crippen molar-refractivity contribution in [2.24, 2.45) is 0 Å². The first kappa shape index (κ1) is 17.8. The third-order valence-corrected chi connectivity index (χ3v) is 4.29. The molecule has 0 saturated heterocycles. The third-order valence-electron chi connectivity index (χ3n) is 3.14. The minimum atomic E-state index is 0.0329. The number of carbonyl (C=O) groups is 1. The molecule has 1 aromatic heterocycles. The molecule has 5 nitrogen and oxygen atoms in total. The number of halogens is 1. The van der Waals surface area contributed by atoms with Crippen LogP contribution in [-0.2, 0) is 10.5 Å². The molecule has 1 amide bonds. The van der Waals surface area contributed by atoms with Crippen molar-refractivity contribution in [3.63, 3.8) is 0 Å². The highest BCUT2D eigenvalue weighted by atomic mass is 35.5. The van der Waals surface area contributed by atoms with Crippen LogP contribution in [-0.4, -0.2) is 27.8 Å². The minimum Gasteiger partial charge on any atom is -0.353 e. The van der Waals surface area contributed by atoms with Crippen molar-refractivity contribution in [1.82, 2.24) is 15.5 Å². The molecule has 0 unspecified atom stereocenters. The van der Waals surface area contributed by atoms with Crippen LogP contribution in [0.5, 0.6) is 0 Å². The van der Waals surface area contributed by atoms with Crippen molar-refractivity contribution < 1.29 is 9.32 Å². The van der Waals surface area contributed by atoms with Gasteiger partial charge in [-0.1, -0.05) is 42.2 Å². The summed E-state index contributed by atoms with van der Waals surface area (Å²) in [7, 11) is 0. The van der Waals surface area contributed by atoms with Crippen LogP contribution in [0.3, 0.4) is 0 Å². The fourth-order valence-electron chi connectivity index (χ4n) is 2.11. The lowest BCUT2D eigenvalue weighted by molar-refractivity contribution is -0.119. The van der Waals surface area contributed by atoms with E-state index in [4.69, 9.17) is 16.1 Å². The summed E-state index contributed by atoms with van der Waals surface area (Å²) >= 11 is 7.40. The van der Waals surface area contributed by atoms with Gasteiger partial charge in [0.05, 0.1) is 11.5 Å². The van der Waals surface area contributed by atoms with E-state index in [2.05, 4.69) is 22.4 Å². The Balaban J connectivity index is 1.80. The number of nitrogens with zero attached hydrogens (tertiary/aromatic N) is 2. The van der Waals surface area contributed by atoms with Gasteiger partial charge in [-0.05, 0) is 25.5 Å². The van der Waals surface area contributed by atoms with E-state index in [1.54, 1.807) is 12.1 Å². The van der Waals surface area contributed by atoms with Crippen LogP contribution in [0.25, 0.3) is 11.4 Å². The fourth-order valence-corrected chi connectivity index (χ4v) is 2.96. The van der Waals surface area contributed by atoms with Crippen LogP contribution in [0.1, 0.15) is 32.6 Å². The molecule has 0 spiro atoms. The topological polar surface area (TPSA) is 68.0 Å². The van der Waals surface area contributed by atoms with Gasteiger partial charge >= 0.3 is 0 Å². The van der Waals surface area contributed by atoms with E-state index in [-0.39, 0.29) is 11.9 Å². The summed E-state index contributed by atoms with van der Waals surface area (Å²) in [6.45, 7) is 4.12. The molecule has 1 heterocycles. The molecule has 0 fully saturated rings. The van der Waals surface area contributed by atoms with Gasteiger partial charge in [-0.3, -0.25) is 4.79 Å². The number of carbonyl (C=O) groups excluding carboxylic acids is 1. The first-order valence-corrected chi connectivity index (χ1v) is 9.07. The Morgan fingerprint density at radius 2 is 2.30 bits per heavy atom. The normalized spacial score (nSPS) is 12.1. The maximum atomic E-state index is 11.8. The molecular weight excluding hydrogens is 334 g/mol. The highest BCUT2D eigenvalue weighted by Gasteiger charge is 2.11. The van der Waals surface area contributed by atoms with E-state index < -0.39 is 0 Å². The van der Waals surface area contributed by atoms with Gasteiger partial charge < -0.3 is 9.84 Å². The number of hydrogen-bond acceptors (Lipinski definition) is 5. The SMILES string of the molecule is CCC[C@H](C)NC(=O)CSCc1nc(-c2cccc(Cl)c2)no1. The summed E-state index contributed by atoms with van der Waals surface area (Å²) in [5.74, 6) is 1.92. The lowest BCUT2D eigenvalue weighted by atomic mass is 10.2. The van der Waals surface area contributed by atoms with E-state index in [0.717, 1.165) is 18.4 Å². The molecule has 2 aromatic rings. The minimum absolute atomic E-state index is 0.0329. The molecule has 1 aromatic carbocycles. The van der Waals surface area contributed by atoms with Crippen LogP contribution in [0.15, 0.2) is 28.8 Å². The molecule has 0 aliphatic heterocycles. The monoisotopic (exact) mass is 353 g/mol. The van der Waals surface area contributed by atoms with Gasteiger partial charge in [0.15, 0.2) is 0 Å². The summed E-state index contributed by atoms with van der Waals surface area (Å²) in [5.41, 5.74) is 0.809. The standard InChI is InChI=1S/C16H20ClN3O2S/c1-3-5-11(2)18-14(21)9-23-10-15-19-16(20-22-15)12-6-4-7-13(17)8-12/h4,6-8,11H,3,5,9-10H2,1-2H3,(H,18,21)/t11-/m0/s1. The number of thioether (sulfide) groups is 1. The van der Waals surface area contributed by atoms with Crippen molar-refractivity contribution in [3.05, 3.63) is 35.2 Å². The molecule has 124 valence electrons. The third kappa shape index (κ3) is 5.88. The van der Waals surface area contributed by atoms with Crippen molar-refractivity contribution in [1.29, 1.82) is 0 Å². The van der Waals surface area contributed by atoms with Gasteiger partial charge in [-0.2, -0.15) is 4.98 Å². The zero-order chi connectivity index (χ0) is 16.7. The van der Waals surface area contributed by atoms with Crippen molar-refractivity contribution in [3.8, 4) is 11.4 Å². The molecule has 1 N–H and O–H groups in total. The second kappa shape index (κ2) is 8.93. The Bertz CT molecular complexity index is 648. The zero-order valence-corrected chi connectivity index (χ0v) is 14.8. The average molecular weight is 354 g/mol. The highest BCUT2D eigenvalue weighted by molar-refractivity contribution is 7.99. The van der Waals surface area contributed by atoms with E-state index in [1.807, 2.05) is 19.1 Å². The van der Waals surface area contributed by atoms with Crippen LogP contribution >= 0.6 is 23.4 Å². The smallest absolute Gasteiger partial charge is 0.236 e. The van der Waals surface area contributed by atoms with Gasteiger partial charge in [-0.25, -0.2) is 0 Å². The number of rotatable bonds is 8. The fraction of sp³-hybridized carbons (Fsp3) is 0.438. The van der Waals surface area contributed by atoms with Crippen molar-refractivity contribution >= 4 is 29.3 Å². The number of nitrogens with one attached hydrogen (secondary N) is 1. The van der Waals surface area contributed by atoms with Crippen LogP contribution in [0.2, 0.25) is 5.02 Å². The first-order chi connectivity index (χ1) is 11.1. The van der Waals surface area contributed by atoms with Crippen LogP contribution in [0.4, 0.5) is 0 Å². The second-order valence-corrected chi connectivity index (χ2v) is 6.69. The Hall–Kier alpha value is -1.53. The summed E-state index contributed by atoms with van der Waals surface area (Å²) in [5, 5.41) is 7.53. The first-order valence-electron chi connectivity index (χ1n) is 7.54. The molecule has 23 heavy (non-hydrogen) atoms. The Morgan fingerprint density at radius 1 is 1.48 bits per heavy atom. The number of aromatic nitrogens is 2. The van der Waals surface area contributed by atoms with Gasteiger partial charge in [0, 0.05) is 16.6 Å². The van der Waals surface area contributed by atoms with Crippen molar-refractivity contribution in [2.75, 3.05) is 5.75 Å². The quantitative estimate of drug-likeness (QED) is 0.778. The average Bonchev–Trinajstić information content (AvgIpc) is 2.96. The van der Waals surface area contributed by atoms with E-state index >= 15 is 0 Å².